The molecule has 1 aromatic rings. The second-order valence-corrected chi connectivity index (χ2v) is 5.06. The Morgan fingerprint density at radius 3 is 2.38 bits per heavy atom. The lowest BCUT2D eigenvalue weighted by molar-refractivity contribution is -0.139. The molecule has 1 atom stereocenters. The molecule has 1 aromatic carbocycles. The zero-order chi connectivity index (χ0) is 12.3. The number of aromatic hydroxyl groups is 1. The standard InChI is InChI=1S/C10H11Br2NO3/c1-5(10(15)16)13-4-6-2-7(11)9(14)8(12)3-6/h2-3,5,13-14H,4H2,1H3,(H,15,16). The average molecular weight is 353 g/mol. The maximum atomic E-state index is 10.6. The minimum Gasteiger partial charge on any atom is -0.506 e. The van der Waals surface area contributed by atoms with Gasteiger partial charge in [-0.15, -0.1) is 0 Å². The third-order valence-corrected chi connectivity index (χ3v) is 3.27. The van der Waals surface area contributed by atoms with E-state index in [0.29, 0.717) is 15.5 Å². The first-order chi connectivity index (χ1) is 7.41. The first-order valence-electron chi connectivity index (χ1n) is 4.55. The van der Waals surface area contributed by atoms with E-state index in [1.165, 1.54) is 0 Å². The lowest BCUT2D eigenvalue weighted by Gasteiger charge is -2.10. The van der Waals surface area contributed by atoms with Crippen molar-refractivity contribution in [2.45, 2.75) is 19.5 Å². The van der Waals surface area contributed by atoms with Gasteiger partial charge in [-0.05, 0) is 56.5 Å². The number of aliphatic carboxylic acids is 1. The van der Waals surface area contributed by atoms with Crippen LogP contribution in [0.1, 0.15) is 12.5 Å². The maximum absolute atomic E-state index is 10.6. The molecule has 6 heteroatoms. The van der Waals surface area contributed by atoms with Crippen molar-refractivity contribution in [3.63, 3.8) is 0 Å². The zero-order valence-corrected chi connectivity index (χ0v) is 11.7. The van der Waals surface area contributed by atoms with E-state index >= 15 is 0 Å². The molecular formula is C10H11Br2NO3. The molecule has 0 aliphatic carbocycles. The van der Waals surface area contributed by atoms with Crippen molar-refractivity contribution in [3.8, 4) is 5.75 Å². The molecule has 0 radical (unpaired) electrons. The predicted octanol–water partition coefficient (Wildman–Crippen LogP) is 2.48. The van der Waals surface area contributed by atoms with Crippen molar-refractivity contribution < 1.29 is 15.0 Å². The predicted molar refractivity (Wildman–Crippen MR) is 67.4 cm³/mol. The molecule has 88 valence electrons. The van der Waals surface area contributed by atoms with Crippen LogP contribution in [0.2, 0.25) is 0 Å². The number of carboxylic acids is 1. The van der Waals surface area contributed by atoms with E-state index in [4.69, 9.17) is 5.11 Å². The van der Waals surface area contributed by atoms with E-state index in [0.717, 1.165) is 5.56 Å². The minimum absolute atomic E-state index is 0.134. The molecule has 4 nitrogen and oxygen atoms in total. The second kappa shape index (κ2) is 5.65. The fourth-order valence-corrected chi connectivity index (χ4v) is 2.36. The van der Waals surface area contributed by atoms with Crippen LogP contribution in [0.4, 0.5) is 0 Å². The van der Waals surface area contributed by atoms with Gasteiger partial charge in [-0.25, -0.2) is 0 Å². The van der Waals surface area contributed by atoms with E-state index < -0.39 is 12.0 Å². The SMILES string of the molecule is CC(NCc1cc(Br)c(O)c(Br)c1)C(=O)O. The van der Waals surface area contributed by atoms with Gasteiger partial charge in [0.1, 0.15) is 11.8 Å². The summed E-state index contributed by atoms with van der Waals surface area (Å²) in [5.74, 6) is -0.757. The van der Waals surface area contributed by atoms with Gasteiger partial charge in [0.05, 0.1) is 8.95 Å². The van der Waals surface area contributed by atoms with Crippen LogP contribution < -0.4 is 5.32 Å². The molecule has 0 saturated heterocycles. The van der Waals surface area contributed by atoms with E-state index in [1.54, 1.807) is 19.1 Å². The molecule has 0 bridgehead atoms. The summed E-state index contributed by atoms with van der Waals surface area (Å²) in [7, 11) is 0. The van der Waals surface area contributed by atoms with Crippen LogP contribution in [0, 0.1) is 0 Å². The van der Waals surface area contributed by atoms with Gasteiger partial charge in [0.2, 0.25) is 0 Å². The highest BCUT2D eigenvalue weighted by Gasteiger charge is 2.11. The van der Waals surface area contributed by atoms with Crippen molar-refractivity contribution in [2.75, 3.05) is 0 Å². The molecule has 0 spiro atoms. The molecule has 0 fully saturated rings. The molecule has 1 unspecified atom stereocenters. The van der Waals surface area contributed by atoms with Crippen LogP contribution in [0.3, 0.4) is 0 Å². The summed E-state index contributed by atoms with van der Waals surface area (Å²) in [6.45, 7) is 2.00. The van der Waals surface area contributed by atoms with Crippen molar-refractivity contribution >= 4 is 37.8 Å². The Kier molecular flexibility index (Phi) is 4.76. The Morgan fingerprint density at radius 2 is 1.94 bits per heavy atom. The van der Waals surface area contributed by atoms with E-state index in [2.05, 4.69) is 37.2 Å². The van der Waals surface area contributed by atoms with Gasteiger partial charge < -0.3 is 15.5 Å². The summed E-state index contributed by atoms with van der Waals surface area (Å²) in [5, 5.41) is 21.0. The van der Waals surface area contributed by atoms with Crippen LogP contribution in [0.25, 0.3) is 0 Å². The zero-order valence-electron chi connectivity index (χ0n) is 8.50. The number of phenols is 1. The number of halogens is 2. The van der Waals surface area contributed by atoms with Gasteiger partial charge in [0.25, 0.3) is 0 Å². The smallest absolute Gasteiger partial charge is 0.320 e. The first-order valence-corrected chi connectivity index (χ1v) is 6.13. The van der Waals surface area contributed by atoms with E-state index in [9.17, 15) is 9.90 Å². The topological polar surface area (TPSA) is 69.6 Å². The highest BCUT2D eigenvalue weighted by atomic mass is 79.9. The lowest BCUT2D eigenvalue weighted by Crippen LogP contribution is -2.33. The molecular weight excluding hydrogens is 342 g/mol. The number of benzene rings is 1. The Hall–Kier alpha value is -0.590. The van der Waals surface area contributed by atoms with Crippen LogP contribution >= 0.6 is 31.9 Å². The quantitative estimate of drug-likeness (QED) is 0.778. The number of nitrogens with one attached hydrogen (secondary N) is 1. The molecule has 3 N–H and O–H groups in total. The third kappa shape index (κ3) is 3.47. The first kappa shape index (κ1) is 13.5. The van der Waals surface area contributed by atoms with Gasteiger partial charge in [0.15, 0.2) is 0 Å². The Balaban J connectivity index is 2.72. The van der Waals surface area contributed by atoms with Crippen molar-refractivity contribution in [3.05, 3.63) is 26.6 Å². The summed E-state index contributed by atoms with van der Waals surface area (Å²) in [4.78, 5) is 10.6. The van der Waals surface area contributed by atoms with Gasteiger partial charge in [0, 0.05) is 6.54 Å². The normalized spacial score (nSPS) is 12.4. The molecule has 0 aromatic heterocycles. The highest BCUT2D eigenvalue weighted by Crippen LogP contribution is 2.33. The van der Waals surface area contributed by atoms with Gasteiger partial charge >= 0.3 is 5.97 Å². The molecule has 0 saturated carbocycles. The number of hydrogen-bond acceptors (Lipinski definition) is 3. The summed E-state index contributed by atoms with van der Waals surface area (Å²) in [5.41, 5.74) is 0.879. The fraction of sp³-hybridized carbons (Fsp3) is 0.300. The number of carboxylic acid groups (broad SMARTS) is 1. The summed E-state index contributed by atoms with van der Waals surface area (Å²) in [6, 6.07) is 2.87. The van der Waals surface area contributed by atoms with Crippen LogP contribution in [0.5, 0.6) is 5.75 Å². The molecule has 0 heterocycles. The van der Waals surface area contributed by atoms with Crippen LogP contribution in [-0.2, 0) is 11.3 Å². The largest absolute Gasteiger partial charge is 0.506 e. The monoisotopic (exact) mass is 351 g/mol. The number of phenolic OH excluding ortho intramolecular Hbond substituents is 1. The Bertz CT molecular complexity index is 386. The maximum Gasteiger partial charge on any atom is 0.320 e. The molecule has 0 aliphatic heterocycles. The fourth-order valence-electron chi connectivity index (χ4n) is 1.08. The van der Waals surface area contributed by atoms with E-state index in [-0.39, 0.29) is 5.75 Å². The van der Waals surface area contributed by atoms with Gasteiger partial charge in [-0.2, -0.15) is 0 Å². The van der Waals surface area contributed by atoms with Gasteiger partial charge in [-0.1, -0.05) is 0 Å². The molecule has 16 heavy (non-hydrogen) atoms. The summed E-state index contributed by atoms with van der Waals surface area (Å²) >= 11 is 6.42. The lowest BCUT2D eigenvalue weighted by atomic mass is 10.2. The molecule has 0 aliphatic rings. The second-order valence-electron chi connectivity index (χ2n) is 3.35. The molecule has 0 amide bonds. The van der Waals surface area contributed by atoms with Crippen molar-refractivity contribution in [1.82, 2.24) is 5.32 Å². The minimum atomic E-state index is -0.892. The van der Waals surface area contributed by atoms with Crippen LogP contribution in [0.15, 0.2) is 21.1 Å². The third-order valence-electron chi connectivity index (χ3n) is 2.06. The summed E-state index contributed by atoms with van der Waals surface area (Å²) in [6.07, 6.45) is 0. The summed E-state index contributed by atoms with van der Waals surface area (Å²) < 4.78 is 1.14. The van der Waals surface area contributed by atoms with Gasteiger partial charge in [-0.3, -0.25) is 4.79 Å². The number of rotatable bonds is 4. The van der Waals surface area contributed by atoms with E-state index in [1.807, 2.05) is 0 Å². The van der Waals surface area contributed by atoms with Crippen LogP contribution in [-0.4, -0.2) is 22.2 Å². The number of carbonyl (C=O) groups is 1. The van der Waals surface area contributed by atoms with Crippen molar-refractivity contribution in [2.24, 2.45) is 0 Å². The van der Waals surface area contributed by atoms with Crippen molar-refractivity contribution in [1.29, 1.82) is 0 Å². The number of hydrogen-bond donors (Lipinski definition) is 3. The Morgan fingerprint density at radius 1 is 1.44 bits per heavy atom. The molecule has 1 rings (SSSR count). The highest BCUT2D eigenvalue weighted by molar-refractivity contribution is 9.11. The Labute approximate surface area is 110 Å². The average Bonchev–Trinajstić information content (AvgIpc) is 2.22.